The minimum absolute atomic E-state index is 0.0361. The maximum Gasteiger partial charge on any atom is 0.264 e. The number of likely N-dealkylation sites (tertiary alicyclic amines) is 1. The standard InChI is InChI=1S/C15H23NO3S/c1-15(2,3)13-7-6-12(20-13)14(17)16-8-10(18-4)11(9-16)19-5/h6-7,10-11H,8-9H2,1-5H3. The van der Waals surface area contributed by atoms with Crippen molar-refractivity contribution in [1.82, 2.24) is 4.90 Å². The van der Waals surface area contributed by atoms with E-state index >= 15 is 0 Å². The van der Waals surface area contributed by atoms with E-state index in [1.54, 1.807) is 25.6 Å². The van der Waals surface area contributed by atoms with Crippen LogP contribution >= 0.6 is 11.3 Å². The summed E-state index contributed by atoms with van der Waals surface area (Å²) in [6, 6.07) is 3.98. The molecule has 0 N–H and O–H groups in total. The molecule has 0 aliphatic carbocycles. The number of methoxy groups -OCH3 is 2. The van der Waals surface area contributed by atoms with E-state index in [0.29, 0.717) is 13.1 Å². The van der Waals surface area contributed by atoms with Crippen LogP contribution in [0.15, 0.2) is 12.1 Å². The zero-order chi connectivity index (χ0) is 14.9. The Hall–Kier alpha value is -0.910. The van der Waals surface area contributed by atoms with Crippen molar-refractivity contribution in [3.8, 4) is 0 Å². The maximum absolute atomic E-state index is 12.5. The Bertz CT molecular complexity index is 466. The Morgan fingerprint density at radius 1 is 1.20 bits per heavy atom. The van der Waals surface area contributed by atoms with Crippen LogP contribution in [0.5, 0.6) is 0 Å². The quantitative estimate of drug-likeness (QED) is 0.860. The van der Waals surface area contributed by atoms with Crippen LogP contribution in [-0.2, 0) is 14.9 Å². The van der Waals surface area contributed by atoms with Gasteiger partial charge in [0.05, 0.1) is 4.88 Å². The van der Waals surface area contributed by atoms with Crippen molar-refractivity contribution in [2.45, 2.75) is 38.4 Å². The summed E-state index contributed by atoms with van der Waals surface area (Å²) in [5.74, 6) is 0.0760. The SMILES string of the molecule is COC1CN(C(=O)c2ccc(C(C)(C)C)s2)CC1OC. The highest BCUT2D eigenvalue weighted by Gasteiger charge is 2.36. The second-order valence-electron chi connectivity index (χ2n) is 6.17. The average molecular weight is 297 g/mol. The van der Waals surface area contributed by atoms with E-state index in [-0.39, 0.29) is 23.5 Å². The van der Waals surface area contributed by atoms with E-state index in [1.807, 2.05) is 11.0 Å². The molecular weight excluding hydrogens is 274 g/mol. The fraction of sp³-hybridized carbons (Fsp3) is 0.667. The summed E-state index contributed by atoms with van der Waals surface area (Å²) in [4.78, 5) is 16.4. The third-order valence-electron chi connectivity index (χ3n) is 3.66. The molecule has 2 heterocycles. The molecule has 2 unspecified atom stereocenters. The second kappa shape index (κ2) is 5.84. The van der Waals surface area contributed by atoms with Gasteiger partial charge in [-0.1, -0.05) is 20.8 Å². The van der Waals surface area contributed by atoms with E-state index in [0.717, 1.165) is 4.88 Å². The Morgan fingerprint density at radius 3 is 2.15 bits per heavy atom. The molecule has 0 spiro atoms. The van der Waals surface area contributed by atoms with Crippen molar-refractivity contribution in [3.05, 3.63) is 21.9 Å². The molecule has 1 saturated heterocycles. The molecule has 0 aromatic carbocycles. The Labute approximate surface area is 124 Å². The van der Waals surface area contributed by atoms with Gasteiger partial charge in [0.2, 0.25) is 0 Å². The van der Waals surface area contributed by atoms with E-state index in [4.69, 9.17) is 9.47 Å². The smallest absolute Gasteiger partial charge is 0.264 e. The van der Waals surface area contributed by atoms with E-state index in [1.165, 1.54) is 4.88 Å². The highest BCUT2D eigenvalue weighted by molar-refractivity contribution is 7.14. The van der Waals surface area contributed by atoms with Gasteiger partial charge in [0.25, 0.3) is 5.91 Å². The molecule has 0 bridgehead atoms. The van der Waals surface area contributed by atoms with Gasteiger partial charge in [0.15, 0.2) is 0 Å². The number of rotatable bonds is 3. The lowest BCUT2D eigenvalue weighted by Crippen LogP contribution is -2.29. The van der Waals surface area contributed by atoms with Crippen LogP contribution in [-0.4, -0.2) is 50.3 Å². The number of carbonyl (C=O) groups is 1. The van der Waals surface area contributed by atoms with Gasteiger partial charge in [-0.3, -0.25) is 4.79 Å². The van der Waals surface area contributed by atoms with Gasteiger partial charge < -0.3 is 14.4 Å². The molecule has 112 valence electrons. The number of amides is 1. The summed E-state index contributed by atoms with van der Waals surface area (Å²) in [6.45, 7) is 7.66. The number of thiophene rings is 1. The molecule has 2 atom stereocenters. The topological polar surface area (TPSA) is 38.8 Å². The Kier molecular flexibility index (Phi) is 4.52. The van der Waals surface area contributed by atoms with Crippen molar-refractivity contribution >= 4 is 17.2 Å². The summed E-state index contributed by atoms with van der Waals surface area (Å²) in [6.07, 6.45) is -0.0722. The maximum atomic E-state index is 12.5. The van der Waals surface area contributed by atoms with Gasteiger partial charge >= 0.3 is 0 Å². The molecule has 0 radical (unpaired) electrons. The van der Waals surface area contributed by atoms with Crippen LogP contribution in [0.4, 0.5) is 0 Å². The lowest BCUT2D eigenvalue weighted by atomic mass is 9.95. The monoisotopic (exact) mass is 297 g/mol. The van der Waals surface area contributed by atoms with E-state index in [9.17, 15) is 4.79 Å². The first-order valence-electron chi connectivity index (χ1n) is 6.82. The first-order chi connectivity index (χ1) is 9.36. The van der Waals surface area contributed by atoms with Gasteiger partial charge in [-0.25, -0.2) is 0 Å². The number of hydrogen-bond acceptors (Lipinski definition) is 4. The summed E-state index contributed by atoms with van der Waals surface area (Å²) in [5.41, 5.74) is 0.0817. The van der Waals surface area contributed by atoms with Crippen molar-refractivity contribution in [1.29, 1.82) is 0 Å². The van der Waals surface area contributed by atoms with Crippen molar-refractivity contribution in [2.24, 2.45) is 0 Å². The molecule has 2 rings (SSSR count). The second-order valence-corrected chi connectivity index (χ2v) is 7.26. The van der Waals surface area contributed by atoms with E-state index < -0.39 is 0 Å². The normalized spacial score (nSPS) is 23.4. The number of ether oxygens (including phenoxy) is 2. The molecule has 1 amide bonds. The molecule has 1 aromatic rings. The number of nitrogens with zero attached hydrogens (tertiary/aromatic N) is 1. The zero-order valence-electron chi connectivity index (χ0n) is 12.8. The third-order valence-corrected chi connectivity index (χ3v) is 5.16. The van der Waals surface area contributed by atoms with Crippen LogP contribution in [0.25, 0.3) is 0 Å². The third kappa shape index (κ3) is 3.05. The predicted octanol–water partition coefficient (Wildman–Crippen LogP) is 2.53. The molecule has 4 nitrogen and oxygen atoms in total. The average Bonchev–Trinajstić information content (AvgIpc) is 3.03. The van der Waals surface area contributed by atoms with Crippen molar-refractivity contribution < 1.29 is 14.3 Å². The van der Waals surface area contributed by atoms with Crippen molar-refractivity contribution in [2.75, 3.05) is 27.3 Å². The molecule has 5 heteroatoms. The Balaban J connectivity index is 2.11. The fourth-order valence-electron chi connectivity index (χ4n) is 2.37. The molecule has 20 heavy (non-hydrogen) atoms. The van der Waals surface area contributed by atoms with Crippen molar-refractivity contribution in [3.63, 3.8) is 0 Å². The summed E-state index contributed by atoms with van der Waals surface area (Å²) >= 11 is 1.58. The fourth-order valence-corrected chi connectivity index (χ4v) is 3.41. The summed E-state index contributed by atoms with van der Waals surface area (Å²) < 4.78 is 10.7. The first-order valence-corrected chi connectivity index (χ1v) is 7.63. The van der Waals surface area contributed by atoms with Gasteiger partial charge in [-0.05, 0) is 17.5 Å². The first kappa shape index (κ1) is 15.5. The van der Waals surface area contributed by atoms with Crippen LogP contribution in [0.2, 0.25) is 0 Å². The molecule has 1 fully saturated rings. The van der Waals surface area contributed by atoms with Gasteiger partial charge in [-0.2, -0.15) is 0 Å². The molecule has 1 aromatic heterocycles. The number of carbonyl (C=O) groups excluding carboxylic acids is 1. The minimum Gasteiger partial charge on any atom is -0.377 e. The van der Waals surface area contributed by atoms with Gasteiger partial charge in [0, 0.05) is 32.2 Å². The van der Waals surface area contributed by atoms with E-state index in [2.05, 4.69) is 26.8 Å². The van der Waals surface area contributed by atoms with Gasteiger partial charge in [0.1, 0.15) is 12.2 Å². The van der Waals surface area contributed by atoms with Crippen LogP contribution in [0.1, 0.15) is 35.3 Å². The molecule has 1 aliphatic rings. The highest BCUT2D eigenvalue weighted by Crippen LogP contribution is 2.30. The predicted molar refractivity (Wildman–Crippen MR) is 80.5 cm³/mol. The van der Waals surface area contributed by atoms with Crippen LogP contribution in [0.3, 0.4) is 0 Å². The largest absolute Gasteiger partial charge is 0.377 e. The molecular formula is C15H23NO3S. The zero-order valence-corrected chi connectivity index (χ0v) is 13.6. The van der Waals surface area contributed by atoms with Crippen LogP contribution in [0, 0.1) is 0 Å². The van der Waals surface area contributed by atoms with Gasteiger partial charge in [-0.15, -0.1) is 11.3 Å². The lowest BCUT2D eigenvalue weighted by Gasteiger charge is -2.16. The van der Waals surface area contributed by atoms with Crippen LogP contribution < -0.4 is 0 Å². The highest BCUT2D eigenvalue weighted by atomic mass is 32.1. The lowest BCUT2D eigenvalue weighted by molar-refractivity contribution is -0.00461. The molecule has 0 saturated carbocycles. The summed E-state index contributed by atoms with van der Waals surface area (Å²) in [5, 5.41) is 0. The minimum atomic E-state index is -0.0361. The molecule has 1 aliphatic heterocycles. The summed E-state index contributed by atoms with van der Waals surface area (Å²) in [7, 11) is 3.32. The Morgan fingerprint density at radius 2 is 1.75 bits per heavy atom. The number of hydrogen-bond donors (Lipinski definition) is 0.